The lowest BCUT2D eigenvalue weighted by Gasteiger charge is -2.43. The van der Waals surface area contributed by atoms with E-state index in [0.717, 1.165) is 32.6 Å². The fraction of sp³-hybridized carbons (Fsp3) is 1.00. The number of piperidine rings is 2. The summed E-state index contributed by atoms with van der Waals surface area (Å²) in [6, 6.07) is 0.595. The van der Waals surface area contributed by atoms with Crippen LogP contribution >= 0.6 is 0 Å². The predicted octanol–water partition coefficient (Wildman–Crippen LogP) is -0.627. The molecule has 2 atom stereocenters. The van der Waals surface area contributed by atoms with Crippen LogP contribution in [0.15, 0.2) is 0 Å². The van der Waals surface area contributed by atoms with Crippen molar-refractivity contribution in [3.63, 3.8) is 0 Å². The zero-order valence-electron chi connectivity index (χ0n) is 14.6. The summed E-state index contributed by atoms with van der Waals surface area (Å²) in [5.74, 6) is 0.697. The molecule has 0 aliphatic carbocycles. The van der Waals surface area contributed by atoms with Crippen molar-refractivity contribution in [2.45, 2.75) is 43.7 Å². The van der Waals surface area contributed by atoms with E-state index >= 15 is 0 Å². The highest BCUT2D eigenvalue weighted by Crippen LogP contribution is 2.24. The van der Waals surface area contributed by atoms with Gasteiger partial charge in [-0.25, -0.2) is 0 Å². The maximum atomic E-state index is 5.72. The molecule has 2 unspecified atom stereocenters. The SMILES string of the molecule is CN1CC(CN)CCC1CN.CN1CCCCC1(CN)CN. The third-order valence-corrected chi connectivity index (χ3v) is 5.64. The maximum Gasteiger partial charge on any atom is 0.0450 e. The van der Waals surface area contributed by atoms with E-state index in [1.165, 1.54) is 25.7 Å². The molecule has 0 amide bonds. The zero-order valence-corrected chi connectivity index (χ0v) is 14.6. The molecule has 0 saturated carbocycles. The molecule has 0 radical (unpaired) electrons. The van der Waals surface area contributed by atoms with Gasteiger partial charge in [0.05, 0.1) is 0 Å². The van der Waals surface area contributed by atoms with Gasteiger partial charge in [0.15, 0.2) is 0 Å². The van der Waals surface area contributed by atoms with E-state index in [9.17, 15) is 0 Å². The smallest absolute Gasteiger partial charge is 0.0450 e. The van der Waals surface area contributed by atoms with Crippen LogP contribution in [0.3, 0.4) is 0 Å². The molecule has 8 N–H and O–H groups in total. The van der Waals surface area contributed by atoms with Crippen LogP contribution in [0.1, 0.15) is 32.1 Å². The number of hydrogen-bond donors (Lipinski definition) is 4. The minimum Gasteiger partial charge on any atom is -0.330 e. The normalized spacial score (nSPS) is 29.7. The molecule has 0 aromatic rings. The van der Waals surface area contributed by atoms with Gasteiger partial charge >= 0.3 is 0 Å². The average molecular weight is 315 g/mol. The van der Waals surface area contributed by atoms with Gasteiger partial charge in [0.25, 0.3) is 0 Å². The van der Waals surface area contributed by atoms with Gasteiger partial charge in [-0.2, -0.15) is 0 Å². The number of nitrogens with zero attached hydrogens (tertiary/aromatic N) is 2. The second kappa shape index (κ2) is 9.80. The third kappa shape index (κ3) is 5.15. The Morgan fingerprint density at radius 3 is 2.05 bits per heavy atom. The molecule has 2 saturated heterocycles. The first-order valence-electron chi connectivity index (χ1n) is 8.74. The van der Waals surface area contributed by atoms with Crippen molar-refractivity contribution in [2.75, 3.05) is 53.4 Å². The Hall–Kier alpha value is -0.240. The van der Waals surface area contributed by atoms with Crippen LogP contribution in [0.5, 0.6) is 0 Å². The molecule has 22 heavy (non-hydrogen) atoms. The molecule has 0 aromatic heterocycles. The Bertz CT molecular complexity index is 294. The maximum absolute atomic E-state index is 5.72. The monoisotopic (exact) mass is 314 g/mol. The quantitative estimate of drug-likeness (QED) is 0.550. The van der Waals surface area contributed by atoms with Crippen LogP contribution < -0.4 is 22.9 Å². The Balaban J connectivity index is 0.000000220. The second-order valence-corrected chi connectivity index (χ2v) is 7.02. The molecule has 0 bridgehead atoms. The lowest BCUT2D eigenvalue weighted by molar-refractivity contribution is 0.0880. The first-order chi connectivity index (χ1) is 10.5. The number of likely N-dealkylation sites (tertiary alicyclic amines) is 2. The molecule has 2 aliphatic rings. The van der Waals surface area contributed by atoms with Gasteiger partial charge in [-0.05, 0) is 58.8 Å². The molecule has 2 aliphatic heterocycles. The molecular formula is C16H38N6. The number of hydrogen-bond acceptors (Lipinski definition) is 6. The highest BCUT2D eigenvalue weighted by Gasteiger charge is 2.33. The van der Waals surface area contributed by atoms with Crippen molar-refractivity contribution in [1.29, 1.82) is 0 Å². The van der Waals surface area contributed by atoms with Gasteiger partial charge in [0.1, 0.15) is 0 Å². The lowest BCUT2D eigenvalue weighted by atomic mass is 9.87. The number of likely N-dealkylation sites (N-methyl/N-ethyl adjacent to an activating group) is 2. The zero-order chi connectivity index (χ0) is 16.6. The van der Waals surface area contributed by atoms with Crippen molar-refractivity contribution in [1.82, 2.24) is 9.80 Å². The second-order valence-electron chi connectivity index (χ2n) is 7.02. The Labute approximate surface area is 136 Å². The van der Waals surface area contributed by atoms with Crippen molar-refractivity contribution in [2.24, 2.45) is 28.9 Å². The standard InChI is InChI=1S/2C8H19N3/c1-11-6-7(4-9)2-3-8(11)5-10;1-11-5-3-2-4-8(11,6-9)7-10/h7-8H,2-6,9-10H2,1H3;2-7,9-10H2,1H3. The van der Waals surface area contributed by atoms with E-state index in [2.05, 4.69) is 23.9 Å². The van der Waals surface area contributed by atoms with E-state index in [1.807, 2.05) is 0 Å². The summed E-state index contributed by atoms with van der Waals surface area (Å²) in [4.78, 5) is 4.65. The summed E-state index contributed by atoms with van der Waals surface area (Å²) in [6.45, 7) is 5.27. The van der Waals surface area contributed by atoms with Gasteiger partial charge in [-0.15, -0.1) is 0 Å². The highest BCUT2D eigenvalue weighted by atomic mass is 15.2. The van der Waals surface area contributed by atoms with E-state index in [0.29, 0.717) is 25.0 Å². The van der Waals surface area contributed by atoms with Crippen molar-refractivity contribution < 1.29 is 0 Å². The van der Waals surface area contributed by atoms with Crippen LogP contribution in [0.2, 0.25) is 0 Å². The van der Waals surface area contributed by atoms with E-state index in [4.69, 9.17) is 22.9 Å². The van der Waals surface area contributed by atoms with Gasteiger partial charge < -0.3 is 27.8 Å². The topological polar surface area (TPSA) is 111 Å². The molecule has 2 fully saturated rings. The van der Waals surface area contributed by atoms with Gasteiger partial charge in [-0.3, -0.25) is 4.90 Å². The van der Waals surface area contributed by atoms with Crippen LogP contribution in [0, 0.1) is 5.92 Å². The minimum atomic E-state index is 0.109. The van der Waals surface area contributed by atoms with Gasteiger partial charge in [0, 0.05) is 37.8 Å². The third-order valence-electron chi connectivity index (χ3n) is 5.64. The molecule has 6 nitrogen and oxygen atoms in total. The van der Waals surface area contributed by atoms with Crippen molar-refractivity contribution >= 4 is 0 Å². The van der Waals surface area contributed by atoms with Gasteiger partial charge in [-0.1, -0.05) is 6.42 Å². The van der Waals surface area contributed by atoms with E-state index in [-0.39, 0.29) is 5.54 Å². The first-order valence-corrected chi connectivity index (χ1v) is 8.74. The predicted molar refractivity (Wildman–Crippen MR) is 94.6 cm³/mol. The minimum absolute atomic E-state index is 0.109. The molecule has 2 rings (SSSR count). The molecule has 6 heteroatoms. The van der Waals surface area contributed by atoms with Crippen LogP contribution in [0.25, 0.3) is 0 Å². The average Bonchev–Trinajstić information content (AvgIpc) is 2.56. The summed E-state index contributed by atoms with van der Waals surface area (Å²) >= 11 is 0. The Morgan fingerprint density at radius 1 is 0.955 bits per heavy atom. The summed E-state index contributed by atoms with van der Waals surface area (Å²) in [6.07, 6.45) is 6.20. The molecule has 0 aromatic carbocycles. The summed E-state index contributed by atoms with van der Waals surface area (Å²) < 4.78 is 0. The number of nitrogens with two attached hydrogens (primary N) is 4. The summed E-state index contributed by atoms with van der Waals surface area (Å²) in [5.41, 5.74) is 22.7. The fourth-order valence-electron chi connectivity index (χ4n) is 3.62. The first kappa shape index (κ1) is 19.8. The summed E-state index contributed by atoms with van der Waals surface area (Å²) in [5, 5.41) is 0. The van der Waals surface area contributed by atoms with Crippen molar-refractivity contribution in [3.05, 3.63) is 0 Å². The highest BCUT2D eigenvalue weighted by molar-refractivity contribution is 4.93. The van der Waals surface area contributed by atoms with Crippen LogP contribution in [-0.4, -0.2) is 74.7 Å². The molecule has 2 heterocycles. The fourth-order valence-corrected chi connectivity index (χ4v) is 3.62. The van der Waals surface area contributed by atoms with Crippen molar-refractivity contribution in [3.8, 4) is 0 Å². The van der Waals surface area contributed by atoms with E-state index in [1.54, 1.807) is 0 Å². The lowest BCUT2D eigenvalue weighted by Crippen LogP contribution is -2.59. The molecule has 0 spiro atoms. The Morgan fingerprint density at radius 2 is 1.64 bits per heavy atom. The Kier molecular flexibility index (Phi) is 8.82. The molecular weight excluding hydrogens is 276 g/mol. The van der Waals surface area contributed by atoms with Gasteiger partial charge in [0.2, 0.25) is 0 Å². The largest absolute Gasteiger partial charge is 0.330 e. The summed E-state index contributed by atoms with van der Waals surface area (Å²) in [7, 11) is 4.26. The molecule has 132 valence electrons. The number of rotatable bonds is 4. The van der Waals surface area contributed by atoms with Crippen LogP contribution in [0.4, 0.5) is 0 Å². The van der Waals surface area contributed by atoms with E-state index < -0.39 is 0 Å². The van der Waals surface area contributed by atoms with Crippen LogP contribution in [-0.2, 0) is 0 Å².